The molecule has 5 aromatic carbocycles. The van der Waals surface area contributed by atoms with Gasteiger partial charge in [0.25, 0.3) is 0 Å². The van der Waals surface area contributed by atoms with Crippen LogP contribution in [0.5, 0.6) is 5.75 Å². The molecule has 0 saturated carbocycles. The first-order valence-corrected chi connectivity index (χ1v) is 19.6. The monoisotopic (exact) mass is 797 g/mol. The molecule has 12 heteroatoms. The lowest BCUT2D eigenvalue weighted by Crippen LogP contribution is -2.51. The Kier molecular flexibility index (Phi) is 16.2. The van der Waals surface area contributed by atoms with Crippen LogP contribution in [-0.4, -0.2) is 66.0 Å². The second-order valence-electron chi connectivity index (χ2n) is 13.7. The molecular weight excluding hydrogens is 747 g/mol. The van der Waals surface area contributed by atoms with Gasteiger partial charge in [-0.15, -0.1) is 0 Å². The molecule has 2 atom stereocenters. The van der Waals surface area contributed by atoms with Crippen molar-refractivity contribution in [1.29, 1.82) is 0 Å². The van der Waals surface area contributed by atoms with Gasteiger partial charge in [0, 0.05) is 13.1 Å². The van der Waals surface area contributed by atoms with Gasteiger partial charge in [-0.3, -0.25) is 19.9 Å². The van der Waals surface area contributed by atoms with Crippen molar-refractivity contribution in [2.75, 3.05) is 20.2 Å². The number of carbonyl (C=O) groups is 4. The predicted molar refractivity (Wildman–Crippen MR) is 226 cm³/mol. The van der Waals surface area contributed by atoms with Crippen LogP contribution in [0.3, 0.4) is 0 Å². The Morgan fingerprint density at radius 1 is 0.695 bits per heavy atom. The number of benzene rings is 5. The Morgan fingerprint density at radius 3 is 1.69 bits per heavy atom. The first kappa shape index (κ1) is 43.2. The van der Waals surface area contributed by atoms with E-state index in [9.17, 15) is 14.4 Å². The third kappa shape index (κ3) is 12.3. The summed E-state index contributed by atoms with van der Waals surface area (Å²) in [4.78, 5) is 62.9. The lowest BCUT2D eigenvalue weighted by atomic mass is 9.88. The molecule has 5 aromatic rings. The van der Waals surface area contributed by atoms with Gasteiger partial charge >= 0.3 is 12.2 Å². The molecule has 0 heterocycles. The van der Waals surface area contributed by atoms with Crippen LogP contribution >= 0.6 is 0 Å². The number of guanidine groups is 1. The van der Waals surface area contributed by atoms with Gasteiger partial charge < -0.3 is 24.8 Å². The molecule has 0 aliphatic carbocycles. The number of aliphatic imine (C=N–C) groups is 1. The molecule has 0 fully saturated rings. The summed E-state index contributed by atoms with van der Waals surface area (Å²) in [6.07, 6.45) is -1.40. The van der Waals surface area contributed by atoms with Crippen molar-refractivity contribution in [2.45, 2.75) is 57.9 Å². The van der Waals surface area contributed by atoms with Gasteiger partial charge in [-0.05, 0) is 66.6 Å². The molecule has 0 saturated heterocycles. The van der Waals surface area contributed by atoms with Crippen LogP contribution < -0.4 is 15.8 Å². The molecule has 0 spiro atoms. The number of nitrogens with one attached hydrogen (secondary N) is 1. The van der Waals surface area contributed by atoms with E-state index < -0.39 is 36.1 Å². The average Bonchev–Trinajstić information content (AvgIpc) is 3.27. The normalized spacial score (nSPS) is 12.2. The number of primary amides is 1. The number of alkyl carbamates (subject to hydrolysis) is 1. The molecular formula is C47H51N5O7. The highest BCUT2D eigenvalue weighted by molar-refractivity contribution is 6.01. The minimum absolute atomic E-state index is 0.00593. The zero-order chi connectivity index (χ0) is 42.0. The maximum absolute atomic E-state index is 15.2. The van der Waals surface area contributed by atoms with Gasteiger partial charge in [-0.1, -0.05) is 133 Å². The van der Waals surface area contributed by atoms with E-state index in [1.807, 2.05) is 140 Å². The smallest absolute Gasteiger partial charge is 0.416 e. The molecule has 5 rings (SSSR count). The van der Waals surface area contributed by atoms with E-state index in [0.29, 0.717) is 5.75 Å². The highest BCUT2D eigenvalue weighted by Crippen LogP contribution is 2.34. The van der Waals surface area contributed by atoms with Crippen LogP contribution in [0.25, 0.3) is 0 Å². The maximum atomic E-state index is 15.2. The highest BCUT2D eigenvalue weighted by Gasteiger charge is 2.38. The molecule has 4 amide bonds. The third-order valence-corrected chi connectivity index (χ3v) is 9.72. The largest absolute Gasteiger partial charge is 0.497 e. The molecule has 59 heavy (non-hydrogen) atoms. The summed E-state index contributed by atoms with van der Waals surface area (Å²) in [5.74, 6) is -1.27. The number of amides is 4. The molecule has 0 aliphatic rings. The SMILES string of the molecule is CCN=C(NC(=O)OCc1ccccc1)N(CCC[C@H](C(N)=O)N(C(=O)C(c1ccccc1)c1ccccc1)[C@H](C)c1ccc(OC)cc1)C(=O)OCc1ccccc1. The van der Waals surface area contributed by atoms with Crippen LogP contribution in [0.2, 0.25) is 0 Å². The number of rotatable bonds is 17. The fourth-order valence-electron chi connectivity index (χ4n) is 6.71. The van der Waals surface area contributed by atoms with Crippen molar-refractivity contribution < 1.29 is 33.4 Å². The molecule has 0 aromatic heterocycles. The molecule has 0 unspecified atom stereocenters. The van der Waals surface area contributed by atoms with Crippen molar-refractivity contribution in [3.8, 4) is 5.75 Å². The summed E-state index contributed by atoms with van der Waals surface area (Å²) in [7, 11) is 1.57. The van der Waals surface area contributed by atoms with E-state index >= 15 is 4.79 Å². The summed E-state index contributed by atoms with van der Waals surface area (Å²) in [5, 5.41) is 2.62. The number of hydrogen-bond acceptors (Lipinski definition) is 8. The van der Waals surface area contributed by atoms with Crippen molar-refractivity contribution in [3.05, 3.63) is 173 Å². The average molecular weight is 798 g/mol. The van der Waals surface area contributed by atoms with Crippen molar-refractivity contribution >= 4 is 30.0 Å². The van der Waals surface area contributed by atoms with Gasteiger partial charge in [-0.2, -0.15) is 0 Å². The number of hydrogen-bond donors (Lipinski definition) is 2. The van der Waals surface area contributed by atoms with Gasteiger partial charge in [-0.25, -0.2) is 14.5 Å². The number of nitrogens with zero attached hydrogens (tertiary/aromatic N) is 3. The second kappa shape index (κ2) is 22.1. The van der Waals surface area contributed by atoms with Gasteiger partial charge in [0.05, 0.1) is 19.1 Å². The van der Waals surface area contributed by atoms with E-state index in [1.54, 1.807) is 31.1 Å². The van der Waals surface area contributed by atoms with Crippen LogP contribution in [0.1, 0.15) is 66.5 Å². The second-order valence-corrected chi connectivity index (χ2v) is 13.7. The fourth-order valence-corrected chi connectivity index (χ4v) is 6.71. The van der Waals surface area contributed by atoms with Gasteiger partial charge in [0.2, 0.25) is 17.8 Å². The Bertz CT molecular complexity index is 2080. The molecule has 12 nitrogen and oxygen atoms in total. The predicted octanol–water partition coefficient (Wildman–Crippen LogP) is 7.99. The van der Waals surface area contributed by atoms with E-state index in [2.05, 4.69) is 10.3 Å². The van der Waals surface area contributed by atoms with Crippen LogP contribution in [-0.2, 0) is 32.3 Å². The Labute approximate surface area is 345 Å². The summed E-state index contributed by atoms with van der Waals surface area (Å²) in [6, 6.07) is 42.7. The van der Waals surface area contributed by atoms with Gasteiger partial charge in [0.15, 0.2) is 0 Å². The zero-order valence-corrected chi connectivity index (χ0v) is 33.6. The van der Waals surface area contributed by atoms with Crippen LogP contribution in [0, 0.1) is 0 Å². The first-order valence-electron chi connectivity index (χ1n) is 19.6. The molecule has 306 valence electrons. The zero-order valence-electron chi connectivity index (χ0n) is 33.6. The molecule has 3 N–H and O–H groups in total. The van der Waals surface area contributed by atoms with E-state index in [4.69, 9.17) is 19.9 Å². The van der Waals surface area contributed by atoms with E-state index in [0.717, 1.165) is 27.8 Å². The summed E-state index contributed by atoms with van der Waals surface area (Å²) < 4.78 is 16.5. The Balaban J connectivity index is 1.45. The Morgan fingerprint density at radius 2 is 1.20 bits per heavy atom. The lowest BCUT2D eigenvalue weighted by molar-refractivity contribution is -0.142. The molecule has 0 bridgehead atoms. The topological polar surface area (TPSA) is 153 Å². The quantitative estimate of drug-likeness (QED) is 0.0715. The number of methoxy groups -OCH3 is 1. The minimum atomic E-state index is -1.12. The van der Waals surface area contributed by atoms with Gasteiger partial charge in [0.1, 0.15) is 25.0 Å². The standard InChI is InChI=1S/C47H51N5O7/c1-4-49-45(50-46(55)58-32-35-18-9-5-10-19-35)51(47(56)59-33-36-20-11-6-12-21-36)31-17-26-41(43(48)53)52(34(2)37-27-29-40(57-3)30-28-37)44(54)42(38-22-13-7-14-23-38)39-24-15-8-16-25-39/h5-16,18-25,27-30,34,41-42H,4,17,26,31-33H2,1-3H3,(H2,48,53)(H,49,50,55)/t34-,41-/m1/s1. The highest BCUT2D eigenvalue weighted by atomic mass is 16.6. The molecule has 0 aliphatic heterocycles. The van der Waals surface area contributed by atoms with E-state index in [-0.39, 0.29) is 51.0 Å². The van der Waals surface area contributed by atoms with E-state index in [1.165, 1.54) is 4.90 Å². The maximum Gasteiger partial charge on any atom is 0.416 e. The molecule has 0 radical (unpaired) electrons. The minimum Gasteiger partial charge on any atom is -0.497 e. The summed E-state index contributed by atoms with van der Waals surface area (Å²) >= 11 is 0. The first-order chi connectivity index (χ1) is 28.7. The van der Waals surface area contributed by atoms with Crippen molar-refractivity contribution in [2.24, 2.45) is 10.7 Å². The van der Waals surface area contributed by atoms with Crippen molar-refractivity contribution in [3.63, 3.8) is 0 Å². The van der Waals surface area contributed by atoms with Crippen LogP contribution in [0.4, 0.5) is 9.59 Å². The van der Waals surface area contributed by atoms with Crippen molar-refractivity contribution in [1.82, 2.24) is 15.1 Å². The summed E-state index contributed by atoms with van der Waals surface area (Å²) in [5.41, 5.74) is 9.99. The summed E-state index contributed by atoms with van der Waals surface area (Å²) in [6.45, 7) is 3.71. The lowest BCUT2D eigenvalue weighted by Gasteiger charge is -2.38. The third-order valence-electron chi connectivity index (χ3n) is 9.72. The fraction of sp³-hybridized carbons (Fsp3) is 0.255. The number of nitrogens with two attached hydrogens (primary N) is 1. The Hall–Kier alpha value is -6.95. The number of ether oxygens (including phenoxy) is 3. The number of carbonyl (C=O) groups excluding carboxylic acids is 4. The van der Waals surface area contributed by atoms with Crippen LogP contribution in [0.15, 0.2) is 151 Å².